The van der Waals surface area contributed by atoms with Crippen molar-refractivity contribution >= 4 is 11.9 Å². The molecule has 5 nitrogen and oxygen atoms in total. The molecule has 4 aromatic carbocycles. The number of carbonyl (C=O) groups excluding carboxylic acids is 1. The van der Waals surface area contributed by atoms with Crippen molar-refractivity contribution in [2.24, 2.45) is 0 Å². The summed E-state index contributed by atoms with van der Waals surface area (Å²) in [4.78, 5) is 24.3. The van der Waals surface area contributed by atoms with Gasteiger partial charge in [-0.2, -0.15) is 0 Å². The summed E-state index contributed by atoms with van der Waals surface area (Å²) in [6.07, 6.45) is 0.161. The maximum Gasteiger partial charge on any atom is 0.326 e. The standard InChI is InChI=1S/C30H27NO4/c1-21(23-10-6-3-7-11-23)35-27-18-16-25(17-19-27)24-12-14-26(15-13-24)29(32)31-28(30(33)34)20-22-8-4-2-5-9-22/h2-19,21,28H,20H2,1H3,(H,31,32)(H,33,34). The third-order valence-electron chi connectivity index (χ3n) is 5.80. The molecule has 4 aromatic rings. The zero-order valence-electron chi connectivity index (χ0n) is 19.4. The Labute approximate surface area is 205 Å². The third-order valence-corrected chi connectivity index (χ3v) is 5.80. The van der Waals surface area contributed by atoms with Crippen LogP contribution in [-0.2, 0) is 11.2 Å². The highest BCUT2D eigenvalue weighted by atomic mass is 16.5. The fourth-order valence-electron chi connectivity index (χ4n) is 3.83. The predicted molar refractivity (Wildman–Crippen MR) is 136 cm³/mol. The Hall–Kier alpha value is -4.38. The molecule has 0 spiro atoms. The number of carboxylic acid groups (broad SMARTS) is 1. The number of amides is 1. The molecule has 0 bridgehead atoms. The van der Waals surface area contributed by atoms with Crippen LogP contribution in [0.1, 0.15) is 34.5 Å². The lowest BCUT2D eigenvalue weighted by atomic mass is 10.0. The van der Waals surface area contributed by atoms with Crippen molar-refractivity contribution < 1.29 is 19.4 Å². The largest absolute Gasteiger partial charge is 0.486 e. The molecular weight excluding hydrogens is 438 g/mol. The molecule has 176 valence electrons. The first kappa shape index (κ1) is 23.8. The molecule has 4 rings (SSSR count). The lowest BCUT2D eigenvalue weighted by Crippen LogP contribution is -2.42. The van der Waals surface area contributed by atoms with Crippen LogP contribution in [0.15, 0.2) is 109 Å². The van der Waals surface area contributed by atoms with Gasteiger partial charge in [0, 0.05) is 12.0 Å². The summed E-state index contributed by atoms with van der Waals surface area (Å²) in [5, 5.41) is 12.2. The number of aliphatic carboxylic acids is 1. The van der Waals surface area contributed by atoms with E-state index in [1.807, 2.05) is 104 Å². The average molecular weight is 466 g/mol. The molecule has 0 aromatic heterocycles. The van der Waals surface area contributed by atoms with Crippen molar-refractivity contribution in [2.45, 2.75) is 25.5 Å². The number of nitrogens with one attached hydrogen (secondary N) is 1. The van der Waals surface area contributed by atoms with Gasteiger partial charge in [-0.15, -0.1) is 0 Å². The molecule has 0 aliphatic carbocycles. The number of hydrogen-bond acceptors (Lipinski definition) is 3. The molecule has 0 aliphatic heterocycles. The number of carboxylic acids is 1. The third kappa shape index (κ3) is 6.36. The second-order valence-corrected chi connectivity index (χ2v) is 8.33. The van der Waals surface area contributed by atoms with E-state index >= 15 is 0 Å². The normalized spacial score (nSPS) is 12.4. The molecule has 0 radical (unpaired) electrons. The first-order chi connectivity index (χ1) is 17.0. The van der Waals surface area contributed by atoms with Crippen molar-refractivity contribution in [1.82, 2.24) is 5.32 Å². The fourth-order valence-corrected chi connectivity index (χ4v) is 3.83. The van der Waals surface area contributed by atoms with Crippen LogP contribution in [0.5, 0.6) is 5.75 Å². The van der Waals surface area contributed by atoms with Crippen LogP contribution in [0.25, 0.3) is 11.1 Å². The van der Waals surface area contributed by atoms with Crippen LogP contribution in [0.2, 0.25) is 0 Å². The van der Waals surface area contributed by atoms with Gasteiger partial charge in [0.2, 0.25) is 0 Å². The molecule has 0 saturated carbocycles. The second kappa shape index (κ2) is 11.2. The maximum atomic E-state index is 12.7. The van der Waals surface area contributed by atoms with E-state index in [1.54, 1.807) is 12.1 Å². The van der Waals surface area contributed by atoms with Crippen LogP contribution < -0.4 is 10.1 Å². The van der Waals surface area contributed by atoms with Gasteiger partial charge < -0.3 is 15.2 Å². The highest BCUT2D eigenvalue weighted by molar-refractivity contribution is 5.97. The summed E-state index contributed by atoms with van der Waals surface area (Å²) in [7, 11) is 0. The Morgan fingerprint density at radius 2 is 1.31 bits per heavy atom. The van der Waals surface area contributed by atoms with E-state index in [0.717, 1.165) is 28.0 Å². The van der Waals surface area contributed by atoms with Gasteiger partial charge in [-0.05, 0) is 53.4 Å². The van der Waals surface area contributed by atoms with Crippen molar-refractivity contribution in [2.75, 3.05) is 0 Å². The quantitative estimate of drug-likeness (QED) is 0.322. The van der Waals surface area contributed by atoms with E-state index in [4.69, 9.17) is 4.74 Å². The van der Waals surface area contributed by atoms with Gasteiger partial charge in [0.05, 0.1) is 0 Å². The lowest BCUT2D eigenvalue weighted by Gasteiger charge is -2.16. The van der Waals surface area contributed by atoms with E-state index < -0.39 is 17.9 Å². The minimum absolute atomic E-state index is 0.0589. The first-order valence-electron chi connectivity index (χ1n) is 11.5. The molecule has 2 N–H and O–H groups in total. The number of rotatable bonds is 9. The van der Waals surface area contributed by atoms with Gasteiger partial charge in [-0.3, -0.25) is 4.79 Å². The van der Waals surface area contributed by atoms with Gasteiger partial charge >= 0.3 is 5.97 Å². The zero-order valence-corrected chi connectivity index (χ0v) is 19.4. The Bertz CT molecular complexity index is 1250. The van der Waals surface area contributed by atoms with E-state index in [9.17, 15) is 14.7 Å². The number of carbonyl (C=O) groups is 2. The minimum atomic E-state index is -1.07. The monoisotopic (exact) mass is 465 g/mol. The SMILES string of the molecule is CC(Oc1ccc(-c2ccc(C(=O)NC(Cc3ccccc3)C(=O)O)cc2)cc1)c1ccccc1. The molecular formula is C30H27NO4. The predicted octanol–water partition coefficient (Wildman–Crippen LogP) is 5.92. The maximum absolute atomic E-state index is 12.7. The summed E-state index contributed by atoms with van der Waals surface area (Å²) in [6.45, 7) is 2.02. The van der Waals surface area contributed by atoms with Crippen LogP contribution >= 0.6 is 0 Å². The highest BCUT2D eigenvalue weighted by Gasteiger charge is 2.21. The van der Waals surface area contributed by atoms with Gasteiger partial charge in [-0.25, -0.2) is 4.79 Å². The van der Waals surface area contributed by atoms with Gasteiger partial charge in [-0.1, -0.05) is 84.9 Å². The Morgan fingerprint density at radius 1 is 0.771 bits per heavy atom. The summed E-state index contributed by atoms with van der Waals surface area (Å²) >= 11 is 0. The number of hydrogen-bond donors (Lipinski definition) is 2. The molecule has 2 unspecified atom stereocenters. The smallest absolute Gasteiger partial charge is 0.326 e. The van der Waals surface area contributed by atoms with Crippen molar-refractivity contribution in [3.63, 3.8) is 0 Å². The van der Waals surface area contributed by atoms with E-state index in [2.05, 4.69) is 5.32 Å². The summed E-state index contributed by atoms with van der Waals surface area (Å²) in [5.74, 6) is -0.708. The summed E-state index contributed by atoms with van der Waals surface area (Å²) < 4.78 is 6.04. The molecule has 0 heterocycles. The van der Waals surface area contributed by atoms with E-state index in [-0.39, 0.29) is 12.5 Å². The Balaban J connectivity index is 1.38. The second-order valence-electron chi connectivity index (χ2n) is 8.33. The van der Waals surface area contributed by atoms with E-state index in [1.165, 1.54) is 0 Å². The minimum Gasteiger partial charge on any atom is -0.486 e. The molecule has 0 aliphatic rings. The van der Waals surface area contributed by atoms with Crippen LogP contribution in [0, 0.1) is 0 Å². The van der Waals surface area contributed by atoms with Crippen molar-refractivity contribution in [3.05, 3.63) is 126 Å². The van der Waals surface area contributed by atoms with Crippen molar-refractivity contribution in [1.29, 1.82) is 0 Å². The summed E-state index contributed by atoms with van der Waals surface area (Å²) in [5.41, 5.74) is 4.30. The van der Waals surface area contributed by atoms with Gasteiger partial charge in [0.1, 0.15) is 17.9 Å². The summed E-state index contributed by atoms with van der Waals surface area (Å²) in [6, 6.07) is 33.2. The Kier molecular flexibility index (Phi) is 7.58. The Morgan fingerprint density at radius 3 is 1.89 bits per heavy atom. The van der Waals surface area contributed by atoms with Gasteiger partial charge in [0.15, 0.2) is 0 Å². The topological polar surface area (TPSA) is 75.6 Å². The fraction of sp³-hybridized carbons (Fsp3) is 0.133. The van der Waals surface area contributed by atoms with Crippen LogP contribution in [-0.4, -0.2) is 23.0 Å². The molecule has 35 heavy (non-hydrogen) atoms. The van der Waals surface area contributed by atoms with Crippen LogP contribution in [0.3, 0.4) is 0 Å². The van der Waals surface area contributed by atoms with Crippen molar-refractivity contribution in [3.8, 4) is 16.9 Å². The first-order valence-corrected chi connectivity index (χ1v) is 11.5. The average Bonchev–Trinajstić information content (AvgIpc) is 2.90. The van der Waals surface area contributed by atoms with E-state index in [0.29, 0.717) is 5.56 Å². The molecule has 5 heteroatoms. The lowest BCUT2D eigenvalue weighted by molar-refractivity contribution is -0.139. The highest BCUT2D eigenvalue weighted by Crippen LogP contribution is 2.26. The zero-order chi connectivity index (χ0) is 24.6. The number of benzene rings is 4. The number of ether oxygens (including phenoxy) is 1. The molecule has 0 fully saturated rings. The molecule has 1 amide bonds. The van der Waals surface area contributed by atoms with Gasteiger partial charge in [0.25, 0.3) is 5.91 Å². The van der Waals surface area contributed by atoms with Crippen LogP contribution in [0.4, 0.5) is 0 Å². The molecule has 2 atom stereocenters. The molecule has 0 saturated heterocycles.